The first-order valence-electron chi connectivity index (χ1n) is 10.0. The standard InChI is InChI=1S/C21H30N2O5/c1-27-18-5-3-2-4-15(18)12-22-20(25)11-16-8-9-17(19(13-24)28-16)23-21(26)10-14-6-7-14/h2-5,14,16-17,19,24H,6-13H2,1H3,(H,22,25)(H,23,26)/t16-,17+,19-/m0/s1. The van der Waals surface area contributed by atoms with E-state index in [1.165, 1.54) is 0 Å². The summed E-state index contributed by atoms with van der Waals surface area (Å²) >= 11 is 0. The monoisotopic (exact) mass is 390 g/mol. The zero-order chi connectivity index (χ0) is 19.9. The van der Waals surface area contributed by atoms with Crippen LogP contribution in [-0.2, 0) is 20.9 Å². The third-order valence-corrected chi connectivity index (χ3v) is 5.39. The van der Waals surface area contributed by atoms with Crippen LogP contribution in [0.2, 0.25) is 0 Å². The number of methoxy groups -OCH3 is 1. The normalized spacial score (nSPS) is 24.4. The number of carbonyl (C=O) groups excluding carboxylic acids is 2. The molecular formula is C21H30N2O5. The van der Waals surface area contributed by atoms with Crippen molar-refractivity contribution in [1.82, 2.24) is 10.6 Å². The molecule has 154 valence electrons. The van der Waals surface area contributed by atoms with Gasteiger partial charge in [-0.05, 0) is 37.7 Å². The molecule has 1 heterocycles. The van der Waals surface area contributed by atoms with Gasteiger partial charge in [0.05, 0.1) is 32.3 Å². The summed E-state index contributed by atoms with van der Waals surface area (Å²) in [5.74, 6) is 1.19. The Morgan fingerprint density at radius 1 is 1.14 bits per heavy atom. The van der Waals surface area contributed by atoms with Crippen molar-refractivity contribution < 1.29 is 24.2 Å². The number of hydrogen-bond acceptors (Lipinski definition) is 5. The molecule has 0 radical (unpaired) electrons. The number of ether oxygens (including phenoxy) is 2. The molecule has 1 saturated heterocycles. The maximum Gasteiger partial charge on any atom is 0.222 e. The highest BCUT2D eigenvalue weighted by atomic mass is 16.5. The van der Waals surface area contributed by atoms with Crippen molar-refractivity contribution >= 4 is 11.8 Å². The van der Waals surface area contributed by atoms with Crippen LogP contribution in [0.4, 0.5) is 0 Å². The van der Waals surface area contributed by atoms with E-state index in [4.69, 9.17) is 9.47 Å². The third kappa shape index (κ3) is 5.94. The van der Waals surface area contributed by atoms with Gasteiger partial charge in [-0.1, -0.05) is 18.2 Å². The number of aliphatic hydroxyl groups excluding tert-OH is 1. The molecule has 1 aromatic carbocycles. The van der Waals surface area contributed by atoms with Gasteiger partial charge < -0.3 is 25.2 Å². The van der Waals surface area contributed by atoms with E-state index < -0.39 is 6.10 Å². The molecule has 2 aliphatic rings. The first kappa shape index (κ1) is 20.6. The summed E-state index contributed by atoms with van der Waals surface area (Å²) in [6, 6.07) is 7.36. The maximum absolute atomic E-state index is 12.3. The molecular weight excluding hydrogens is 360 g/mol. The van der Waals surface area contributed by atoms with Crippen molar-refractivity contribution in [1.29, 1.82) is 0 Å². The second-order valence-electron chi connectivity index (χ2n) is 7.67. The molecule has 0 unspecified atom stereocenters. The molecule has 1 saturated carbocycles. The molecule has 3 N–H and O–H groups in total. The van der Waals surface area contributed by atoms with Crippen LogP contribution in [0, 0.1) is 5.92 Å². The summed E-state index contributed by atoms with van der Waals surface area (Å²) in [6.45, 7) is 0.215. The highest BCUT2D eigenvalue weighted by Crippen LogP contribution is 2.32. The SMILES string of the molecule is COc1ccccc1CNC(=O)C[C@@H]1CC[C@@H](NC(=O)CC2CC2)[C@H](CO)O1. The molecule has 1 aromatic rings. The molecule has 28 heavy (non-hydrogen) atoms. The lowest BCUT2D eigenvalue weighted by molar-refractivity contribution is -0.136. The number of carbonyl (C=O) groups is 2. The predicted octanol–water partition coefficient (Wildman–Crippen LogP) is 1.53. The second kappa shape index (κ2) is 9.89. The van der Waals surface area contributed by atoms with Gasteiger partial charge in [0.15, 0.2) is 0 Å². The molecule has 3 rings (SSSR count). The van der Waals surface area contributed by atoms with E-state index in [9.17, 15) is 14.7 Å². The van der Waals surface area contributed by atoms with E-state index in [0.29, 0.717) is 31.7 Å². The smallest absolute Gasteiger partial charge is 0.222 e. The van der Waals surface area contributed by atoms with Gasteiger partial charge in [0.25, 0.3) is 0 Å². The number of amides is 2. The van der Waals surface area contributed by atoms with E-state index in [1.54, 1.807) is 7.11 Å². The van der Waals surface area contributed by atoms with Crippen molar-refractivity contribution in [3.05, 3.63) is 29.8 Å². The molecule has 0 bridgehead atoms. The van der Waals surface area contributed by atoms with Gasteiger partial charge in [-0.25, -0.2) is 0 Å². The lowest BCUT2D eigenvalue weighted by atomic mass is 9.96. The van der Waals surface area contributed by atoms with Crippen LogP contribution >= 0.6 is 0 Å². The highest BCUT2D eigenvalue weighted by molar-refractivity contribution is 5.77. The van der Waals surface area contributed by atoms with Crippen LogP contribution in [0.3, 0.4) is 0 Å². The van der Waals surface area contributed by atoms with E-state index in [2.05, 4.69) is 10.6 Å². The summed E-state index contributed by atoms with van der Waals surface area (Å²) in [5.41, 5.74) is 0.912. The van der Waals surface area contributed by atoms with Crippen molar-refractivity contribution in [3.8, 4) is 5.75 Å². The van der Waals surface area contributed by atoms with E-state index >= 15 is 0 Å². The molecule has 2 amide bonds. The van der Waals surface area contributed by atoms with Crippen LogP contribution < -0.4 is 15.4 Å². The predicted molar refractivity (Wildman–Crippen MR) is 104 cm³/mol. The molecule has 2 fully saturated rings. The first-order valence-corrected chi connectivity index (χ1v) is 10.0. The quantitative estimate of drug-likeness (QED) is 0.594. The summed E-state index contributed by atoms with van der Waals surface area (Å²) < 4.78 is 11.2. The summed E-state index contributed by atoms with van der Waals surface area (Å²) in [6.07, 6.45) is 3.70. The summed E-state index contributed by atoms with van der Waals surface area (Å²) in [5, 5.41) is 15.5. The number of hydrogen-bond donors (Lipinski definition) is 3. The Labute approximate surface area is 165 Å². The largest absolute Gasteiger partial charge is 0.496 e. The average molecular weight is 390 g/mol. The van der Waals surface area contributed by atoms with Crippen LogP contribution in [0.15, 0.2) is 24.3 Å². The van der Waals surface area contributed by atoms with Crippen LogP contribution in [-0.4, -0.2) is 48.9 Å². The van der Waals surface area contributed by atoms with Gasteiger partial charge in [0.1, 0.15) is 11.9 Å². The van der Waals surface area contributed by atoms with Crippen molar-refractivity contribution in [2.75, 3.05) is 13.7 Å². The fourth-order valence-electron chi connectivity index (χ4n) is 3.62. The fraction of sp³-hybridized carbons (Fsp3) is 0.619. The van der Waals surface area contributed by atoms with Crippen LogP contribution in [0.25, 0.3) is 0 Å². The zero-order valence-electron chi connectivity index (χ0n) is 16.4. The Kier molecular flexibility index (Phi) is 7.28. The van der Waals surface area contributed by atoms with Crippen LogP contribution in [0.5, 0.6) is 5.75 Å². The Bertz CT molecular complexity index is 677. The molecule has 3 atom stereocenters. The first-order chi connectivity index (χ1) is 13.6. The number of aliphatic hydroxyl groups is 1. The highest BCUT2D eigenvalue weighted by Gasteiger charge is 2.34. The van der Waals surface area contributed by atoms with Gasteiger partial charge in [-0.2, -0.15) is 0 Å². The lowest BCUT2D eigenvalue weighted by Crippen LogP contribution is -2.51. The lowest BCUT2D eigenvalue weighted by Gasteiger charge is -2.36. The topological polar surface area (TPSA) is 96.9 Å². The molecule has 0 spiro atoms. The third-order valence-electron chi connectivity index (χ3n) is 5.39. The second-order valence-corrected chi connectivity index (χ2v) is 7.67. The van der Waals surface area contributed by atoms with Crippen LogP contribution in [0.1, 0.15) is 44.1 Å². The van der Waals surface area contributed by atoms with Gasteiger partial charge in [0.2, 0.25) is 11.8 Å². The van der Waals surface area contributed by atoms with E-state index in [-0.39, 0.29) is 37.0 Å². The van der Waals surface area contributed by atoms with Gasteiger partial charge in [-0.3, -0.25) is 9.59 Å². The molecule has 0 aromatic heterocycles. The Morgan fingerprint density at radius 2 is 1.93 bits per heavy atom. The number of para-hydroxylation sites is 1. The number of nitrogens with one attached hydrogen (secondary N) is 2. The van der Waals surface area contributed by atoms with E-state index in [1.807, 2.05) is 24.3 Å². The molecule has 1 aliphatic carbocycles. The van der Waals surface area contributed by atoms with Crippen molar-refractivity contribution in [2.24, 2.45) is 5.92 Å². The number of benzene rings is 1. The summed E-state index contributed by atoms with van der Waals surface area (Å²) in [7, 11) is 1.60. The minimum Gasteiger partial charge on any atom is -0.496 e. The molecule has 7 nitrogen and oxygen atoms in total. The minimum atomic E-state index is -0.469. The Balaban J connectivity index is 1.43. The maximum atomic E-state index is 12.3. The van der Waals surface area contributed by atoms with Gasteiger partial charge in [-0.15, -0.1) is 0 Å². The van der Waals surface area contributed by atoms with E-state index in [0.717, 1.165) is 24.2 Å². The van der Waals surface area contributed by atoms with Gasteiger partial charge >= 0.3 is 0 Å². The average Bonchev–Trinajstić information content (AvgIpc) is 3.51. The molecule has 1 aliphatic heterocycles. The minimum absolute atomic E-state index is 0.0301. The van der Waals surface area contributed by atoms with Gasteiger partial charge in [0, 0.05) is 18.5 Å². The van der Waals surface area contributed by atoms with Crippen molar-refractivity contribution in [3.63, 3.8) is 0 Å². The fourth-order valence-corrected chi connectivity index (χ4v) is 3.62. The molecule has 7 heteroatoms. The number of rotatable bonds is 9. The van der Waals surface area contributed by atoms with Crippen molar-refractivity contribution in [2.45, 2.75) is 63.3 Å². The Hall–Kier alpha value is -2.12. The summed E-state index contributed by atoms with van der Waals surface area (Å²) in [4.78, 5) is 24.3. The Morgan fingerprint density at radius 3 is 2.64 bits per heavy atom. The zero-order valence-corrected chi connectivity index (χ0v) is 16.4.